The molecule has 2 saturated heterocycles. The van der Waals surface area contributed by atoms with Crippen LogP contribution in [-0.2, 0) is 4.79 Å². The summed E-state index contributed by atoms with van der Waals surface area (Å²) in [5, 5.41) is 3.43. The molecule has 4 heteroatoms. The Labute approximate surface area is 104 Å². The average Bonchev–Trinajstić information content (AvgIpc) is 2.87. The van der Waals surface area contributed by atoms with E-state index in [0.29, 0.717) is 5.41 Å². The number of likely N-dealkylation sites (N-methyl/N-ethyl adjacent to an activating group) is 1. The minimum atomic E-state index is 0.127. The molecule has 0 aromatic carbocycles. The third-order valence-corrected chi connectivity index (χ3v) is 4.13. The highest BCUT2D eigenvalue weighted by Crippen LogP contribution is 2.29. The molecule has 2 fully saturated rings. The van der Waals surface area contributed by atoms with Gasteiger partial charge in [0.1, 0.15) is 0 Å². The monoisotopic (exact) mass is 239 g/mol. The molecule has 0 radical (unpaired) electrons. The van der Waals surface area contributed by atoms with Crippen molar-refractivity contribution in [3.8, 4) is 0 Å². The van der Waals surface area contributed by atoms with Crippen LogP contribution < -0.4 is 5.32 Å². The van der Waals surface area contributed by atoms with Crippen LogP contribution >= 0.6 is 0 Å². The molecule has 0 aromatic heterocycles. The number of hydrogen-bond acceptors (Lipinski definition) is 3. The molecule has 2 atom stereocenters. The van der Waals surface area contributed by atoms with Crippen molar-refractivity contribution in [3.63, 3.8) is 0 Å². The van der Waals surface area contributed by atoms with E-state index in [4.69, 9.17) is 0 Å². The minimum absolute atomic E-state index is 0.127. The summed E-state index contributed by atoms with van der Waals surface area (Å²) in [7, 11) is 3.72. The Morgan fingerprint density at radius 2 is 2.29 bits per heavy atom. The molecule has 2 heterocycles. The van der Waals surface area contributed by atoms with Gasteiger partial charge in [-0.25, -0.2) is 0 Å². The van der Waals surface area contributed by atoms with Crippen LogP contribution in [0.25, 0.3) is 0 Å². The lowest BCUT2D eigenvalue weighted by atomic mass is 9.89. The summed E-state index contributed by atoms with van der Waals surface area (Å²) in [5.74, 6) is 0.275. The standard InChI is InChI=1S/C13H25N3O/c1-13(6-7-14-9-13)10-16-8-4-5-11(16)12(17)15(2)3/h11,14H,4-10H2,1-3H3. The second-order valence-electron chi connectivity index (χ2n) is 6.10. The number of likely N-dealkylation sites (tertiary alicyclic amines) is 1. The van der Waals surface area contributed by atoms with Crippen molar-refractivity contribution in [1.29, 1.82) is 0 Å². The Bertz CT molecular complexity index is 284. The van der Waals surface area contributed by atoms with Gasteiger partial charge in [0, 0.05) is 27.2 Å². The highest BCUT2D eigenvalue weighted by Gasteiger charge is 2.37. The number of nitrogens with one attached hydrogen (secondary N) is 1. The lowest BCUT2D eigenvalue weighted by Gasteiger charge is -2.33. The van der Waals surface area contributed by atoms with E-state index in [9.17, 15) is 4.79 Å². The summed E-state index contributed by atoms with van der Waals surface area (Å²) < 4.78 is 0. The van der Waals surface area contributed by atoms with E-state index in [-0.39, 0.29) is 11.9 Å². The van der Waals surface area contributed by atoms with Gasteiger partial charge >= 0.3 is 0 Å². The Hall–Kier alpha value is -0.610. The Morgan fingerprint density at radius 1 is 1.53 bits per heavy atom. The Balaban J connectivity index is 1.97. The van der Waals surface area contributed by atoms with Gasteiger partial charge in [0.05, 0.1) is 6.04 Å². The van der Waals surface area contributed by atoms with Gasteiger partial charge in [-0.3, -0.25) is 9.69 Å². The van der Waals surface area contributed by atoms with Gasteiger partial charge in [-0.05, 0) is 37.8 Å². The predicted molar refractivity (Wildman–Crippen MR) is 68.9 cm³/mol. The van der Waals surface area contributed by atoms with E-state index in [1.165, 1.54) is 6.42 Å². The molecule has 2 aliphatic heterocycles. The topological polar surface area (TPSA) is 35.6 Å². The molecule has 0 bridgehead atoms. The van der Waals surface area contributed by atoms with Crippen LogP contribution in [-0.4, -0.2) is 62.0 Å². The van der Waals surface area contributed by atoms with E-state index < -0.39 is 0 Å². The first-order valence-corrected chi connectivity index (χ1v) is 6.68. The van der Waals surface area contributed by atoms with Crippen LogP contribution in [0, 0.1) is 5.41 Å². The van der Waals surface area contributed by atoms with Crippen molar-refractivity contribution < 1.29 is 4.79 Å². The molecule has 0 saturated carbocycles. The fraction of sp³-hybridized carbons (Fsp3) is 0.923. The van der Waals surface area contributed by atoms with Gasteiger partial charge in [-0.1, -0.05) is 6.92 Å². The first-order chi connectivity index (χ1) is 8.02. The second-order valence-corrected chi connectivity index (χ2v) is 6.10. The van der Waals surface area contributed by atoms with Crippen molar-refractivity contribution in [2.45, 2.75) is 32.2 Å². The molecule has 1 amide bonds. The first kappa shape index (κ1) is 12.8. The van der Waals surface area contributed by atoms with E-state index >= 15 is 0 Å². The van der Waals surface area contributed by atoms with Gasteiger partial charge in [-0.15, -0.1) is 0 Å². The van der Waals surface area contributed by atoms with Gasteiger partial charge in [-0.2, -0.15) is 0 Å². The van der Waals surface area contributed by atoms with Gasteiger partial charge in [0.2, 0.25) is 5.91 Å². The number of amides is 1. The third kappa shape index (κ3) is 2.80. The molecular weight excluding hydrogens is 214 g/mol. The van der Waals surface area contributed by atoms with Crippen molar-refractivity contribution >= 4 is 5.91 Å². The zero-order chi connectivity index (χ0) is 12.5. The van der Waals surface area contributed by atoms with Crippen LogP contribution in [0.4, 0.5) is 0 Å². The molecule has 1 N–H and O–H groups in total. The molecule has 2 unspecified atom stereocenters. The molecule has 2 rings (SSSR count). The predicted octanol–water partition coefficient (Wildman–Crippen LogP) is 0.539. The van der Waals surface area contributed by atoms with Crippen LogP contribution in [0.3, 0.4) is 0 Å². The summed E-state index contributed by atoms with van der Waals surface area (Å²) in [6.07, 6.45) is 3.42. The molecule has 0 spiro atoms. The quantitative estimate of drug-likeness (QED) is 0.781. The largest absolute Gasteiger partial charge is 0.347 e. The lowest BCUT2D eigenvalue weighted by molar-refractivity contribution is -0.133. The molecule has 0 aliphatic carbocycles. The van der Waals surface area contributed by atoms with Gasteiger partial charge in [0.15, 0.2) is 0 Å². The van der Waals surface area contributed by atoms with E-state index in [0.717, 1.165) is 39.0 Å². The summed E-state index contributed by atoms with van der Waals surface area (Å²) >= 11 is 0. The zero-order valence-corrected chi connectivity index (χ0v) is 11.3. The van der Waals surface area contributed by atoms with Crippen LogP contribution in [0.15, 0.2) is 0 Å². The number of rotatable bonds is 3. The van der Waals surface area contributed by atoms with Crippen molar-refractivity contribution in [2.75, 3.05) is 40.3 Å². The maximum Gasteiger partial charge on any atom is 0.239 e. The smallest absolute Gasteiger partial charge is 0.239 e. The third-order valence-electron chi connectivity index (χ3n) is 4.13. The Morgan fingerprint density at radius 3 is 2.88 bits per heavy atom. The summed E-state index contributed by atoms with van der Waals surface area (Å²) in [6, 6.07) is 0.127. The number of carbonyl (C=O) groups is 1. The van der Waals surface area contributed by atoms with Crippen molar-refractivity contribution in [1.82, 2.24) is 15.1 Å². The van der Waals surface area contributed by atoms with Gasteiger partial charge in [0.25, 0.3) is 0 Å². The minimum Gasteiger partial charge on any atom is -0.347 e. The molecule has 4 nitrogen and oxygen atoms in total. The van der Waals surface area contributed by atoms with E-state index in [1.807, 2.05) is 14.1 Å². The molecule has 98 valence electrons. The zero-order valence-electron chi connectivity index (χ0n) is 11.3. The second kappa shape index (κ2) is 4.94. The number of hydrogen-bond donors (Lipinski definition) is 1. The van der Waals surface area contributed by atoms with Crippen LogP contribution in [0.2, 0.25) is 0 Å². The molecular formula is C13H25N3O. The average molecular weight is 239 g/mol. The van der Waals surface area contributed by atoms with Crippen molar-refractivity contribution in [3.05, 3.63) is 0 Å². The van der Waals surface area contributed by atoms with E-state index in [1.54, 1.807) is 4.90 Å². The van der Waals surface area contributed by atoms with Gasteiger partial charge < -0.3 is 10.2 Å². The summed E-state index contributed by atoms with van der Waals surface area (Å²) in [5.41, 5.74) is 0.356. The number of carbonyl (C=O) groups excluding carboxylic acids is 1. The highest BCUT2D eigenvalue weighted by atomic mass is 16.2. The maximum atomic E-state index is 12.1. The molecule has 2 aliphatic rings. The van der Waals surface area contributed by atoms with Crippen molar-refractivity contribution in [2.24, 2.45) is 5.41 Å². The highest BCUT2D eigenvalue weighted by molar-refractivity contribution is 5.81. The lowest BCUT2D eigenvalue weighted by Crippen LogP contribution is -2.47. The van der Waals surface area contributed by atoms with Crippen LogP contribution in [0.5, 0.6) is 0 Å². The van der Waals surface area contributed by atoms with E-state index in [2.05, 4.69) is 17.1 Å². The fourth-order valence-corrected chi connectivity index (χ4v) is 3.09. The summed E-state index contributed by atoms with van der Waals surface area (Å²) in [6.45, 7) is 6.69. The first-order valence-electron chi connectivity index (χ1n) is 6.68. The molecule has 17 heavy (non-hydrogen) atoms. The number of nitrogens with zero attached hydrogens (tertiary/aromatic N) is 2. The Kier molecular flexibility index (Phi) is 3.73. The normalized spacial score (nSPS) is 34.2. The maximum absolute atomic E-state index is 12.1. The van der Waals surface area contributed by atoms with Crippen LogP contribution in [0.1, 0.15) is 26.2 Å². The fourth-order valence-electron chi connectivity index (χ4n) is 3.09. The molecule has 0 aromatic rings. The summed E-state index contributed by atoms with van der Waals surface area (Å²) in [4.78, 5) is 16.2. The SMILES string of the molecule is CN(C)C(=O)C1CCCN1CC1(C)CCNC1.